The van der Waals surface area contributed by atoms with Gasteiger partial charge in [0.05, 0.1) is 5.69 Å². The van der Waals surface area contributed by atoms with Crippen molar-refractivity contribution >= 4 is 17.7 Å². The summed E-state index contributed by atoms with van der Waals surface area (Å²) in [6, 6.07) is 7.82. The molecule has 1 aromatic rings. The van der Waals surface area contributed by atoms with E-state index in [1.54, 1.807) is 0 Å². The highest BCUT2D eigenvalue weighted by atomic mass is 16.2. The molecule has 17 heavy (non-hydrogen) atoms. The number of fused-ring (bicyclic) bond motifs is 1. The number of carbonyl (C=O) groups excluding carboxylic acids is 1. The van der Waals surface area contributed by atoms with Gasteiger partial charge in [0.1, 0.15) is 5.70 Å². The molecule has 1 radical (unpaired) electrons. The molecule has 1 N–H and O–H groups in total. The Morgan fingerprint density at radius 2 is 2.00 bits per heavy atom. The molecule has 1 aromatic carbocycles. The molecule has 2 aliphatic rings. The summed E-state index contributed by atoms with van der Waals surface area (Å²) in [4.78, 5) is 14.1. The molecule has 4 nitrogen and oxygen atoms in total. The van der Waals surface area contributed by atoms with Crippen LogP contribution in [-0.4, -0.2) is 37.0 Å². The van der Waals surface area contributed by atoms with Crippen LogP contribution < -0.4 is 10.6 Å². The van der Waals surface area contributed by atoms with Gasteiger partial charge in [0, 0.05) is 31.7 Å². The number of hydrogen-bond donors (Lipinski definition) is 1. The molecule has 1 amide bonds. The summed E-state index contributed by atoms with van der Waals surface area (Å²) >= 11 is 0. The second-order valence-electron chi connectivity index (χ2n) is 4.24. The first-order valence-electron chi connectivity index (χ1n) is 5.87. The zero-order chi connectivity index (χ0) is 11.7. The van der Waals surface area contributed by atoms with Crippen molar-refractivity contribution < 1.29 is 4.79 Å². The SMILES string of the molecule is O=C(C1=Cc2ccccc2[N]1)N1CCNCC1. The number of nitrogens with one attached hydrogen (secondary N) is 1. The van der Waals surface area contributed by atoms with Crippen LogP contribution in [0.15, 0.2) is 30.0 Å². The smallest absolute Gasteiger partial charge is 0.272 e. The summed E-state index contributed by atoms with van der Waals surface area (Å²) < 4.78 is 0. The fraction of sp³-hybridized carbons (Fsp3) is 0.308. The highest BCUT2D eigenvalue weighted by Crippen LogP contribution is 2.27. The lowest BCUT2D eigenvalue weighted by Crippen LogP contribution is -2.47. The second kappa shape index (κ2) is 4.22. The Bertz CT molecular complexity index is 475. The van der Waals surface area contributed by atoms with Crippen LogP contribution in [0.25, 0.3) is 6.08 Å². The number of piperazine rings is 1. The Morgan fingerprint density at radius 1 is 1.24 bits per heavy atom. The van der Waals surface area contributed by atoms with Crippen molar-refractivity contribution in [3.63, 3.8) is 0 Å². The molecule has 0 aliphatic carbocycles. The third kappa shape index (κ3) is 1.91. The Morgan fingerprint density at radius 3 is 2.76 bits per heavy atom. The minimum Gasteiger partial charge on any atom is -0.335 e. The van der Waals surface area contributed by atoms with E-state index in [2.05, 4.69) is 10.6 Å². The van der Waals surface area contributed by atoms with Gasteiger partial charge < -0.3 is 10.2 Å². The van der Waals surface area contributed by atoms with Gasteiger partial charge in [-0.1, -0.05) is 18.2 Å². The first kappa shape index (κ1) is 10.4. The topological polar surface area (TPSA) is 46.4 Å². The zero-order valence-electron chi connectivity index (χ0n) is 9.52. The van der Waals surface area contributed by atoms with Crippen molar-refractivity contribution in [1.29, 1.82) is 0 Å². The third-order valence-corrected chi connectivity index (χ3v) is 3.09. The number of nitrogens with zero attached hydrogens (tertiary/aromatic N) is 2. The zero-order valence-corrected chi connectivity index (χ0v) is 9.52. The fourth-order valence-electron chi connectivity index (χ4n) is 2.16. The number of para-hydroxylation sites is 1. The van der Waals surface area contributed by atoms with Gasteiger partial charge in [-0.15, -0.1) is 0 Å². The van der Waals surface area contributed by atoms with Gasteiger partial charge >= 0.3 is 0 Å². The monoisotopic (exact) mass is 228 g/mol. The fourth-order valence-corrected chi connectivity index (χ4v) is 2.16. The van der Waals surface area contributed by atoms with Crippen molar-refractivity contribution in [1.82, 2.24) is 15.5 Å². The van der Waals surface area contributed by atoms with Crippen LogP contribution in [0.4, 0.5) is 5.69 Å². The van der Waals surface area contributed by atoms with E-state index in [9.17, 15) is 4.79 Å². The van der Waals surface area contributed by atoms with E-state index in [0.29, 0.717) is 5.70 Å². The van der Waals surface area contributed by atoms with Crippen LogP contribution in [0, 0.1) is 0 Å². The lowest BCUT2D eigenvalue weighted by atomic mass is 10.2. The molecule has 0 unspecified atom stereocenters. The minimum absolute atomic E-state index is 0.0442. The molecule has 0 atom stereocenters. The van der Waals surface area contributed by atoms with Gasteiger partial charge in [0.15, 0.2) is 0 Å². The number of benzene rings is 1. The molecule has 0 bridgehead atoms. The lowest BCUT2D eigenvalue weighted by Gasteiger charge is -2.27. The molecular weight excluding hydrogens is 214 g/mol. The van der Waals surface area contributed by atoms with Crippen molar-refractivity contribution in [2.45, 2.75) is 0 Å². The Labute approximate surface area is 100 Å². The molecule has 0 saturated carbocycles. The largest absolute Gasteiger partial charge is 0.335 e. The quantitative estimate of drug-likeness (QED) is 0.769. The molecule has 0 aromatic heterocycles. The van der Waals surface area contributed by atoms with E-state index in [-0.39, 0.29) is 5.91 Å². The van der Waals surface area contributed by atoms with Crippen LogP contribution >= 0.6 is 0 Å². The molecule has 87 valence electrons. The van der Waals surface area contributed by atoms with Crippen LogP contribution in [0.3, 0.4) is 0 Å². The van der Waals surface area contributed by atoms with Gasteiger partial charge in [-0.3, -0.25) is 4.79 Å². The van der Waals surface area contributed by atoms with Crippen LogP contribution in [-0.2, 0) is 4.79 Å². The first-order chi connectivity index (χ1) is 8.34. The summed E-state index contributed by atoms with van der Waals surface area (Å²) in [6.07, 6.45) is 1.87. The van der Waals surface area contributed by atoms with Gasteiger partial charge in [-0.25, -0.2) is 5.32 Å². The minimum atomic E-state index is 0.0442. The summed E-state index contributed by atoms with van der Waals surface area (Å²) in [5.74, 6) is 0.0442. The number of carbonyl (C=O) groups is 1. The first-order valence-corrected chi connectivity index (χ1v) is 5.87. The number of hydrogen-bond acceptors (Lipinski definition) is 2. The van der Waals surface area contributed by atoms with Gasteiger partial charge in [0.2, 0.25) is 0 Å². The maximum Gasteiger partial charge on any atom is 0.272 e. The van der Waals surface area contributed by atoms with E-state index in [4.69, 9.17) is 0 Å². The van der Waals surface area contributed by atoms with Crippen LogP contribution in [0.1, 0.15) is 5.56 Å². The molecule has 0 spiro atoms. The van der Waals surface area contributed by atoms with Crippen molar-refractivity contribution in [3.8, 4) is 0 Å². The Balaban J connectivity index is 1.77. The van der Waals surface area contributed by atoms with Gasteiger partial charge in [-0.05, 0) is 12.1 Å². The lowest BCUT2D eigenvalue weighted by molar-refractivity contribution is -0.127. The summed E-state index contributed by atoms with van der Waals surface area (Å²) in [5.41, 5.74) is 2.49. The molecule has 1 saturated heterocycles. The van der Waals surface area contributed by atoms with E-state index in [0.717, 1.165) is 37.4 Å². The van der Waals surface area contributed by atoms with Gasteiger partial charge in [-0.2, -0.15) is 0 Å². The van der Waals surface area contributed by atoms with E-state index in [1.165, 1.54) is 0 Å². The van der Waals surface area contributed by atoms with Crippen molar-refractivity contribution in [2.75, 3.05) is 26.2 Å². The molecule has 2 heterocycles. The average molecular weight is 228 g/mol. The maximum atomic E-state index is 12.2. The molecule has 3 rings (SSSR count). The molecule has 1 fully saturated rings. The van der Waals surface area contributed by atoms with Crippen LogP contribution in [0.5, 0.6) is 0 Å². The highest BCUT2D eigenvalue weighted by molar-refractivity contribution is 6.01. The van der Waals surface area contributed by atoms with Gasteiger partial charge in [0.25, 0.3) is 5.91 Å². The van der Waals surface area contributed by atoms with Crippen LogP contribution in [0.2, 0.25) is 0 Å². The standard InChI is InChI=1S/C13H14N3O/c17-13(16-7-5-14-6-8-16)12-9-10-3-1-2-4-11(10)15-12/h1-4,9,14H,5-8H2. The number of rotatable bonds is 1. The maximum absolute atomic E-state index is 12.2. The van der Waals surface area contributed by atoms with Crippen molar-refractivity contribution in [2.24, 2.45) is 0 Å². The summed E-state index contributed by atoms with van der Waals surface area (Å²) in [7, 11) is 0. The summed E-state index contributed by atoms with van der Waals surface area (Å²) in [5, 5.41) is 7.61. The second-order valence-corrected chi connectivity index (χ2v) is 4.24. The van der Waals surface area contributed by atoms with E-state index < -0.39 is 0 Å². The molecule has 4 heteroatoms. The highest BCUT2D eigenvalue weighted by Gasteiger charge is 2.24. The molecule has 2 aliphatic heterocycles. The predicted molar refractivity (Wildman–Crippen MR) is 65.7 cm³/mol. The Hall–Kier alpha value is -1.81. The molecular formula is C13H14N3O. The summed E-state index contributed by atoms with van der Waals surface area (Å²) in [6.45, 7) is 3.27. The van der Waals surface area contributed by atoms with E-state index >= 15 is 0 Å². The number of amides is 1. The normalized spacial score (nSPS) is 18.4. The average Bonchev–Trinajstić information content (AvgIpc) is 2.82. The van der Waals surface area contributed by atoms with Crippen molar-refractivity contribution in [3.05, 3.63) is 35.5 Å². The van der Waals surface area contributed by atoms with E-state index in [1.807, 2.05) is 35.2 Å². The Kier molecular flexibility index (Phi) is 2.57. The predicted octanol–water partition coefficient (Wildman–Crippen LogP) is 0.709. The third-order valence-electron chi connectivity index (χ3n) is 3.09.